The van der Waals surface area contributed by atoms with Crippen LogP contribution in [-0.4, -0.2) is 64.7 Å². The molecule has 1 aromatic carbocycles. The fourth-order valence-corrected chi connectivity index (χ4v) is 3.79. The molecule has 3 heterocycles. The van der Waals surface area contributed by atoms with Crippen molar-refractivity contribution in [1.82, 2.24) is 24.4 Å². The second-order valence-electron chi connectivity index (χ2n) is 6.97. The van der Waals surface area contributed by atoms with Crippen LogP contribution in [0.1, 0.15) is 12.8 Å². The zero-order chi connectivity index (χ0) is 22.0. The van der Waals surface area contributed by atoms with Crippen molar-refractivity contribution >= 4 is 40.2 Å². The van der Waals surface area contributed by atoms with Crippen LogP contribution in [0.15, 0.2) is 18.5 Å². The largest absolute Gasteiger partial charge is 0.493 e. The van der Waals surface area contributed by atoms with Gasteiger partial charge in [-0.15, -0.1) is 0 Å². The second-order valence-corrected chi connectivity index (χ2v) is 7.31. The molecule has 0 atom stereocenters. The Morgan fingerprint density at radius 3 is 2.45 bits per heavy atom. The summed E-state index contributed by atoms with van der Waals surface area (Å²) in [6.45, 7) is 1.95. The van der Waals surface area contributed by atoms with Gasteiger partial charge in [-0.2, -0.15) is 9.97 Å². The van der Waals surface area contributed by atoms with Crippen molar-refractivity contribution in [3.05, 3.63) is 23.7 Å². The molecular formula is C20H23ClN6O4. The Morgan fingerprint density at radius 1 is 1.10 bits per heavy atom. The molecule has 0 spiro atoms. The van der Waals surface area contributed by atoms with E-state index in [0.717, 1.165) is 13.0 Å². The summed E-state index contributed by atoms with van der Waals surface area (Å²) >= 11 is 6.20. The summed E-state index contributed by atoms with van der Waals surface area (Å²) in [6, 6.07) is 3.53. The summed E-state index contributed by atoms with van der Waals surface area (Å²) in [4.78, 5) is 26.8. The molecule has 3 aromatic rings. The summed E-state index contributed by atoms with van der Waals surface area (Å²) in [6.07, 6.45) is 3.19. The van der Waals surface area contributed by atoms with E-state index in [-0.39, 0.29) is 11.2 Å². The molecule has 1 aliphatic rings. The molecule has 11 heteroatoms. The monoisotopic (exact) mass is 446 g/mol. The third-order valence-electron chi connectivity index (χ3n) is 5.15. The molecule has 10 nitrogen and oxygen atoms in total. The van der Waals surface area contributed by atoms with Crippen LogP contribution < -0.4 is 19.5 Å². The van der Waals surface area contributed by atoms with E-state index in [0.29, 0.717) is 59.4 Å². The number of imidazole rings is 1. The van der Waals surface area contributed by atoms with Gasteiger partial charge in [0.05, 0.1) is 27.7 Å². The molecule has 2 aromatic heterocycles. The minimum absolute atomic E-state index is 0.0847. The van der Waals surface area contributed by atoms with E-state index in [9.17, 15) is 4.79 Å². The van der Waals surface area contributed by atoms with Crippen LogP contribution in [-0.2, 0) is 11.3 Å². The van der Waals surface area contributed by atoms with Gasteiger partial charge in [0.2, 0.25) is 16.9 Å². The Bertz CT molecular complexity index is 1090. The first kappa shape index (κ1) is 21.0. The van der Waals surface area contributed by atoms with Crippen LogP contribution in [0, 0.1) is 0 Å². The van der Waals surface area contributed by atoms with E-state index in [4.69, 9.17) is 25.8 Å². The number of rotatable bonds is 8. The maximum absolute atomic E-state index is 11.9. The fourth-order valence-electron chi connectivity index (χ4n) is 3.63. The van der Waals surface area contributed by atoms with Gasteiger partial charge in [0.15, 0.2) is 28.5 Å². The molecule has 31 heavy (non-hydrogen) atoms. The smallest absolute Gasteiger partial charge is 0.226 e. The number of anilines is 2. The van der Waals surface area contributed by atoms with Gasteiger partial charge in [-0.3, -0.25) is 4.79 Å². The number of halogens is 1. The fraction of sp³-hybridized carbons (Fsp3) is 0.400. The van der Waals surface area contributed by atoms with E-state index in [1.165, 1.54) is 0 Å². The molecule has 164 valence electrons. The SMILES string of the molecule is COc1cc(Nc2nc(Cl)nc3c2ncn3CCN2CCCC2=O)cc(OC)c1OC. The number of methoxy groups -OCH3 is 3. The highest BCUT2D eigenvalue weighted by atomic mass is 35.5. The Hall–Kier alpha value is -3.27. The third-order valence-corrected chi connectivity index (χ3v) is 5.32. The van der Waals surface area contributed by atoms with Crippen LogP contribution in [0.2, 0.25) is 5.28 Å². The van der Waals surface area contributed by atoms with Crippen molar-refractivity contribution in [3.8, 4) is 17.2 Å². The van der Waals surface area contributed by atoms with Gasteiger partial charge in [-0.25, -0.2) is 4.98 Å². The van der Waals surface area contributed by atoms with Crippen LogP contribution in [0.5, 0.6) is 17.2 Å². The van der Waals surface area contributed by atoms with Crippen molar-refractivity contribution in [2.45, 2.75) is 19.4 Å². The first-order chi connectivity index (χ1) is 15.0. The second kappa shape index (κ2) is 8.84. The Balaban J connectivity index is 1.64. The first-order valence-electron chi connectivity index (χ1n) is 9.77. The third kappa shape index (κ3) is 4.15. The highest BCUT2D eigenvalue weighted by Gasteiger charge is 2.21. The van der Waals surface area contributed by atoms with E-state index in [1.54, 1.807) is 39.8 Å². The molecule has 0 aliphatic carbocycles. The first-order valence-corrected chi connectivity index (χ1v) is 10.1. The van der Waals surface area contributed by atoms with Gasteiger partial charge in [-0.05, 0) is 18.0 Å². The number of fused-ring (bicyclic) bond motifs is 1. The van der Waals surface area contributed by atoms with E-state index >= 15 is 0 Å². The highest BCUT2D eigenvalue weighted by molar-refractivity contribution is 6.28. The Morgan fingerprint density at radius 2 is 1.84 bits per heavy atom. The van der Waals surface area contributed by atoms with E-state index in [2.05, 4.69) is 20.3 Å². The maximum Gasteiger partial charge on any atom is 0.226 e. The number of likely N-dealkylation sites (tertiary alicyclic amines) is 1. The highest BCUT2D eigenvalue weighted by Crippen LogP contribution is 2.40. The number of ether oxygens (including phenoxy) is 3. The quantitative estimate of drug-likeness (QED) is 0.527. The molecular weight excluding hydrogens is 424 g/mol. The number of nitrogens with zero attached hydrogens (tertiary/aromatic N) is 5. The minimum Gasteiger partial charge on any atom is -0.493 e. The molecule has 1 fully saturated rings. The van der Waals surface area contributed by atoms with E-state index in [1.807, 2.05) is 9.47 Å². The van der Waals surface area contributed by atoms with E-state index < -0.39 is 0 Å². The number of nitrogens with one attached hydrogen (secondary N) is 1. The minimum atomic E-state index is 0.0847. The summed E-state index contributed by atoms with van der Waals surface area (Å²) in [7, 11) is 4.64. The van der Waals surface area contributed by atoms with Crippen LogP contribution >= 0.6 is 11.6 Å². The molecule has 1 saturated heterocycles. The standard InChI is InChI=1S/C20H23ClN6O4/c1-29-13-9-12(10-14(30-2)17(13)31-3)23-18-16-19(25-20(21)24-18)27(11-22-16)8-7-26-6-4-5-15(26)28/h9-11H,4-8H2,1-3H3,(H,23,24,25). The lowest BCUT2D eigenvalue weighted by atomic mass is 10.2. The molecule has 0 saturated carbocycles. The summed E-state index contributed by atoms with van der Waals surface area (Å²) in [5.41, 5.74) is 1.80. The summed E-state index contributed by atoms with van der Waals surface area (Å²) in [5.74, 6) is 2.12. The van der Waals surface area contributed by atoms with Gasteiger partial charge in [0, 0.05) is 43.9 Å². The number of carbonyl (C=O) groups is 1. The molecule has 1 N–H and O–H groups in total. The van der Waals surface area contributed by atoms with Crippen molar-refractivity contribution in [2.24, 2.45) is 0 Å². The van der Waals surface area contributed by atoms with Crippen LogP contribution in [0.25, 0.3) is 11.2 Å². The molecule has 1 amide bonds. The number of amides is 1. The summed E-state index contributed by atoms with van der Waals surface area (Å²) in [5, 5.41) is 3.30. The number of aromatic nitrogens is 4. The zero-order valence-electron chi connectivity index (χ0n) is 17.5. The lowest BCUT2D eigenvalue weighted by Crippen LogP contribution is -2.28. The topological polar surface area (TPSA) is 104 Å². The van der Waals surface area contributed by atoms with Gasteiger partial charge < -0.3 is 29.0 Å². The molecule has 0 unspecified atom stereocenters. The predicted molar refractivity (Wildman–Crippen MR) is 116 cm³/mol. The number of carbonyl (C=O) groups excluding carboxylic acids is 1. The molecule has 0 bridgehead atoms. The van der Waals surface area contributed by atoms with Crippen molar-refractivity contribution in [3.63, 3.8) is 0 Å². The lowest BCUT2D eigenvalue weighted by molar-refractivity contribution is -0.127. The normalized spacial score (nSPS) is 13.7. The number of hydrogen-bond donors (Lipinski definition) is 1. The van der Waals surface area contributed by atoms with Gasteiger partial charge in [0.25, 0.3) is 0 Å². The maximum atomic E-state index is 11.9. The summed E-state index contributed by atoms with van der Waals surface area (Å²) < 4.78 is 18.0. The molecule has 0 radical (unpaired) electrons. The molecule has 1 aliphatic heterocycles. The van der Waals surface area contributed by atoms with Crippen molar-refractivity contribution in [2.75, 3.05) is 39.7 Å². The van der Waals surface area contributed by atoms with Crippen LogP contribution in [0.3, 0.4) is 0 Å². The van der Waals surface area contributed by atoms with Gasteiger partial charge >= 0.3 is 0 Å². The Kier molecular flexibility index (Phi) is 5.99. The lowest BCUT2D eigenvalue weighted by Gasteiger charge is -2.16. The average Bonchev–Trinajstić information content (AvgIpc) is 3.37. The number of benzene rings is 1. The van der Waals surface area contributed by atoms with Gasteiger partial charge in [-0.1, -0.05) is 0 Å². The number of hydrogen-bond acceptors (Lipinski definition) is 8. The van der Waals surface area contributed by atoms with Gasteiger partial charge in [0.1, 0.15) is 0 Å². The van der Waals surface area contributed by atoms with Crippen LogP contribution in [0.4, 0.5) is 11.5 Å². The predicted octanol–water partition coefficient (Wildman–Crippen LogP) is 2.87. The Labute approximate surface area is 184 Å². The molecule has 4 rings (SSSR count). The zero-order valence-corrected chi connectivity index (χ0v) is 18.3. The van der Waals surface area contributed by atoms with Crippen molar-refractivity contribution in [1.29, 1.82) is 0 Å². The average molecular weight is 447 g/mol. The van der Waals surface area contributed by atoms with Crippen molar-refractivity contribution < 1.29 is 19.0 Å².